The quantitative estimate of drug-likeness (QED) is 0.552. The molecule has 0 N–H and O–H groups in total. The number of nitrogens with zero attached hydrogens (tertiary/aromatic N) is 1. The topological polar surface area (TPSA) is 30.8 Å². The Bertz CT molecular complexity index is 796. The van der Waals surface area contributed by atoms with Gasteiger partial charge in [0.25, 0.3) is 0 Å². The number of ether oxygens (including phenoxy) is 2. The van der Waals surface area contributed by atoms with Crippen LogP contribution in [0.1, 0.15) is 12.5 Å². The first-order valence-electron chi connectivity index (χ1n) is 7.94. The van der Waals surface area contributed by atoms with Crippen molar-refractivity contribution < 1.29 is 9.47 Å². The minimum Gasteiger partial charge on any atom is -0.493 e. The maximum absolute atomic E-state index is 5.78. The highest BCUT2D eigenvalue weighted by Crippen LogP contribution is 2.24. The number of hydrogen-bond acceptors (Lipinski definition) is 3. The summed E-state index contributed by atoms with van der Waals surface area (Å²) < 4.78 is 11.4. The molecule has 0 radical (unpaired) electrons. The van der Waals surface area contributed by atoms with E-state index in [1.807, 2.05) is 92.0 Å². The van der Waals surface area contributed by atoms with Gasteiger partial charge in [-0.05, 0) is 55.5 Å². The molecular formula is C21H19NO2. The van der Waals surface area contributed by atoms with Gasteiger partial charge >= 0.3 is 0 Å². The molecule has 3 heteroatoms. The van der Waals surface area contributed by atoms with Gasteiger partial charge in [0, 0.05) is 11.8 Å². The van der Waals surface area contributed by atoms with Crippen molar-refractivity contribution in [3.8, 4) is 17.2 Å². The molecule has 3 rings (SSSR count). The largest absolute Gasteiger partial charge is 0.493 e. The summed E-state index contributed by atoms with van der Waals surface area (Å²) in [6, 6.07) is 25.3. The van der Waals surface area contributed by atoms with Crippen LogP contribution in [0, 0.1) is 0 Å². The summed E-state index contributed by atoms with van der Waals surface area (Å²) in [4.78, 5) is 4.51. The summed E-state index contributed by atoms with van der Waals surface area (Å²) in [6.45, 7) is 2.61. The van der Waals surface area contributed by atoms with Crippen LogP contribution in [0.5, 0.6) is 17.2 Å². The zero-order valence-corrected chi connectivity index (χ0v) is 13.6. The summed E-state index contributed by atoms with van der Waals surface area (Å²) in [7, 11) is 0. The third-order valence-corrected chi connectivity index (χ3v) is 3.39. The SMILES string of the molecule is CCOc1ccccc1C=Nc1ccc(Oc2ccccc2)cc1. The van der Waals surface area contributed by atoms with Gasteiger partial charge in [-0.25, -0.2) is 0 Å². The van der Waals surface area contributed by atoms with Crippen LogP contribution in [-0.2, 0) is 0 Å². The predicted molar refractivity (Wildman–Crippen MR) is 97.8 cm³/mol. The lowest BCUT2D eigenvalue weighted by molar-refractivity contribution is 0.340. The number of rotatable bonds is 6. The average molecular weight is 317 g/mol. The van der Waals surface area contributed by atoms with Crippen molar-refractivity contribution in [3.63, 3.8) is 0 Å². The monoisotopic (exact) mass is 317 g/mol. The highest BCUT2D eigenvalue weighted by atomic mass is 16.5. The smallest absolute Gasteiger partial charge is 0.128 e. The Labute approximate surface area is 142 Å². The van der Waals surface area contributed by atoms with Gasteiger partial charge in [0.05, 0.1) is 12.3 Å². The van der Waals surface area contributed by atoms with Gasteiger partial charge < -0.3 is 9.47 Å². The number of para-hydroxylation sites is 2. The fourth-order valence-corrected chi connectivity index (χ4v) is 2.24. The van der Waals surface area contributed by atoms with Crippen LogP contribution in [0.4, 0.5) is 5.69 Å². The molecule has 3 aromatic rings. The molecule has 0 saturated heterocycles. The van der Waals surface area contributed by atoms with Crippen LogP contribution in [0.3, 0.4) is 0 Å². The molecule has 0 atom stereocenters. The highest BCUT2D eigenvalue weighted by molar-refractivity contribution is 5.85. The van der Waals surface area contributed by atoms with E-state index in [0.29, 0.717) is 6.61 Å². The molecule has 0 spiro atoms. The van der Waals surface area contributed by atoms with E-state index in [-0.39, 0.29) is 0 Å². The molecule has 0 aromatic heterocycles. The van der Waals surface area contributed by atoms with E-state index in [0.717, 1.165) is 28.5 Å². The number of aliphatic imine (C=N–C) groups is 1. The lowest BCUT2D eigenvalue weighted by Gasteiger charge is -2.06. The summed E-state index contributed by atoms with van der Waals surface area (Å²) in [5, 5.41) is 0. The van der Waals surface area contributed by atoms with Gasteiger partial charge in [-0.1, -0.05) is 30.3 Å². The van der Waals surface area contributed by atoms with Crippen LogP contribution in [0.25, 0.3) is 0 Å². The maximum atomic E-state index is 5.78. The zero-order valence-electron chi connectivity index (χ0n) is 13.6. The normalized spacial score (nSPS) is 10.7. The van der Waals surface area contributed by atoms with E-state index >= 15 is 0 Å². The first-order chi connectivity index (χ1) is 11.8. The Morgan fingerprint density at radius 2 is 1.46 bits per heavy atom. The van der Waals surface area contributed by atoms with Gasteiger partial charge in [0.15, 0.2) is 0 Å². The second kappa shape index (κ2) is 7.97. The molecule has 0 saturated carbocycles. The first-order valence-corrected chi connectivity index (χ1v) is 7.94. The molecule has 0 fully saturated rings. The van der Waals surface area contributed by atoms with Crippen molar-refractivity contribution >= 4 is 11.9 Å². The van der Waals surface area contributed by atoms with E-state index in [9.17, 15) is 0 Å². The maximum Gasteiger partial charge on any atom is 0.128 e. The standard InChI is InChI=1S/C21H19NO2/c1-2-23-21-11-7-6-8-17(21)16-22-18-12-14-20(15-13-18)24-19-9-4-3-5-10-19/h3-16H,2H2,1H3. The van der Waals surface area contributed by atoms with Gasteiger partial charge in [-0.15, -0.1) is 0 Å². The lowest BCUT2D eigenvalue weighted by Crippen LogP contribution is -1.95. The highest BCUT2D eigenvalue weighted by Gasteiger charge is 2.00. The summed E-state index contributed by atoms with van der Waals surface area (Å²) in [5.74, 6) is 2.45. The van der Waals surface area contributed by atoms with Crippen molar-refractivity contribution in [2.75, 3.05) is 6.61 Å². The predicted octanol–water partition coefficient (Wildman–Crippen LogP) is 5.63. The molecule has 0 aliphatic rings. The molecule has 24 heavy (non-hydrogen) atoms. The Balaban J connectivity index is 1.70. The fourth-order valence-electron chi connectivity index (χ4n) is 2.24. The van der Waals surface area contributed by atoms with Crippen molar-refractivity contribution in [2.45, 2.75) is 6.92 Å². The minimum absolute atomic E-state index is 0.635. The lowest BCUT2D eigenvalue weighted by atomic mass is 10.2. The van der Waals surface area contributed by atoms with Crippen molar-refractivity contribution in [1.29, 1.82) is 0 Å². The van der Waals surface area contributed by atoms with Crippen LogP contribution in [0.2, 0.25) is 0 Å². The number of hydrogen-bond donors (Lipinski definition) is 0. The Hall–Kier alpha value is -3.07. The Morgan fingerprint density at radius 3 is 2.21 bits per heavy atom. The van der Waals surface area contributed by atoms with Crippen LogP contribution < -0.4 is 9.47 Å². The molecule has 0 heterocycles. The molecule has 3 nitrogen and oxygen atoms in total. The molecular weight excluding hydrogens is 298 g/mol. The van der Waals surface area contributed by atoms with E-state index in [1.165, 1.54) is 0 Å². The van der Waals surface area contributed by atoms with Crippen LogP contribution >= 0.6 is 0 Å². The van der Waals surface area contributed by atoms with E-state index in [4.69, 9.17) is 9.47 Å². The van der Waals surface area contributed by atoms with Gasteiger partial charge in [0.1, 0.15) is 17.2 Å². The second-order valence-corrected chi connectivity index (χ2v) is 5.14. The van der Waals surface area contributed by atoms with E-state index < -0.39 is 0 Å². The Morgan fingerprint density at radius 1 is 0.792 bits per heavy atom. The minimum atomic E-state index is 0.635. The second-order valence-electron chi connectivity index (χ2n) is 5.14. The average Bonchev–Trinajstić information content (AvgIpc) is 2.63. The fraction of sp³-hybridized carbons (Fsp3) is 0.0952. The molecule has 3 aromatic carbocycles. The number of benzene rings is 3. The molecule has 0 aliphatic heterocycles. The Kier molecular flexibility index (Phi) is 5.25. The van der Waals surface area contributed by atoms with E-state index in [1.54, 1.807) is 0 Å². The van der Waals surface area contributed by atoms with E-state index in [2.05, 4.69) is 4.99 Å². The van der Waals surface area contributed by atoms with Crippen LogP contribution in [-0.4, -0.2) is 12.8 Å². The summed E-state index contributed by atoms with van der Waals surface area (Å²) in [5.41, 5.74) is 1.82. The van der Waals surface area contributed by atoms with Crippen molar-refractivity contribution in [2.24, 2.45) is 4.99 Å². The summed E-state index contributed by atoms with van der Waals surface area (Å²) >= 11 is 0. The molecule has 0 aliphatic carbocycles. The zero-order chi connectivity index (χ0) is 16.6. The molecule has 120 valence electrons. The van der Waals surface area contributed by atoms with Gasteiger partial charge in [-0.2, -0.15) is 0 Å². The van der Waals surface area contributed by atoms with Crippen LogP contribution in [0.15, 0.2) is 83.9 Å². The van der Waals surface area contributed by atoms with Gasteiger partial charge in [0.2, 0.25) is 0 Å². The summed E-state index contributed by atoms with van der Waals surface area (Å²) in [6.07, 6.45) is 1.82. The third kappa shape index (κ3) is 4.23. The van der Waals surface area contributed by atoms with Crippen molar-refractivity contribution in [3.05, 3.63) is 84.4 Å². The molecule has 0 unspecified atom stereocenters. The first kappa shape index (κ1) is 15.8. The third-order valence-electron chi connectivity index (χ3n) is 3.39. The molecule has 0 bridgehead atoms. The van der Waals surface area contributed by atoms with Crippen molar-refractivity contribution in [1.82, 2.24) is 0 Å². The van der Waals surface area contributed by atoms with Gasteiger partial charge in [-0.3, -0.25) is 4.99 Å². The molecule has 0 amide bonds.